The molecule has 1 aliphatic rings. The number of carbonyl (C=O) groups excluding carboxylic acids is 1. The van der Waals surface area contributed by atoms with Crippen LogP contribution in [-0.2, 0) is 17.8 Å². The predicted octanol–water partition coefficient (Wildman–Crippen LogP) is 2.41. The van der Waals surface area contributed by atoms with E-state index in [1.165, 1.54) is 36.4 Å². The normalized spacial score (nSPS) is 19.8. The molecule has 2 N–H and O–H groups in total. The van der Waals surface area contributed by atoms with Crippen molar-refractivity contribution in [2.24, 2.45) is 0 Å². The monoisotopic (exact) mass is 333 g/mol. The smallest absolute Gasteiger partial charge is 0.335 e. The maximum absolute atomic E-state index is 13.3. The number of benzene rings is 2. The van der Waals surface area contributed by atoms with Crippen LogP contribution in [0.4, 0.5) is 10.1 Å². The van der Waals surface area contributed by atoms with E-state index < -0.39 is 34.2 Å². The Kier molecular flexibility index (Phi) is 4.06. The molecule has 3 rings (SSSR count). The van der Waals surface area contributed by atoms with Crippen LogP contribution < -0.4 is 4.72 Å². The minimum absolute atomic E-state index is 0.0175. The summed E-state index contributed by atoms with van der Waals surface area (Å²) in [7, 11) is 0. The molecular formula is C16H12FNO4S. The zero-order valence-corrected chi connectivity index (χ0v) is 12.6. The zero-order chi connectivity index (χ0) is 16.6. The number of nitrogens with one attached hydrogen (secondary N) is 1. The number of halogens is 1. The molecule has 0 fully saturated rings. The topological polar surface area (TPSA) is 89.5 Å². The molecule has 5 nitrogen and oxygen atoms in total. The second-order valence-corrected chi connectivity index (χ2v) is 6.52. The fourth-order valence-corrected chi connectivity index (χ4v) is 3.67. The first-order valence-corrected chi connectivity index (χ1v) is 8.00. The van der Waals surface area contributed by atoms with Gasteiger partial charge < -0.3 is 9.66 Å². The molecule has 2 aromatic rings. The minimum Gasteiger partial charge on any atom is -0.592 e. The minimum atomic E-state index is -1.66. The first-order chi connectivity index (χ1) is 11.0. The summed E-state index contributed by atoms with van der Waals surface area (Å²) in [5.74, 6) is -1.99. The summed E-state index contributed by atoms with van der Waals surface area (Å²) in [5.41, 5.74) is 1.06. The van der Waals surface area contributed by atoms with E-state index in [1.807, 2.05) is 0 Å². The summed E-state index contributed by atoms with van der Waals surface area (Å²) < 4.78 is 28.2. The van der Waals surface area contributed by atoms with Crippen LogP contribution in [0, 0.1) is 5.82 Å². The van der Waals surface area contributed by atoms with Gasteiger partial charge in [-0.05, 0) is 35.9 Å². The van der Waals surface area contributed by atoms with Gasteiger partial charge in [0, 0.05) is 6.42 Å². The van der Waals surface area contributed by atoms with E-state index in [4.69, 9.17) is 5.11 Å². The molecule has 7 heteroatoms. The second kappa shape index (κ2) is 6.02. The number of carbonyl (C=O) groups is 2. The fraction of sp³-hybridized carbons (Fsp3) is 0.125. The van der Waals surface area contributed by atoms with Crippen LogP contribution in [0.2, 0.25) is 0 Å². The van der Waals surface area contributed by atoms with Crippen LogP contribution in [0.1, 0.15) is 26.3 Å². The van der Waals surface area contributed by atoms with Gasteiger partial charge in [0.25, 0.3) is 0 Å². The highest BCUT2D eigenvalue weighted by Crippen LogP contribution is 2.29. The van der Waals surface area contributed by atoms with Crippen LogP contribution in [0.5, 0.6) is 0 Å². The zero-order valence-electron chi connectivity index (χ0n) is 11.8. The summed E-state index contributed by atoms with van der Waals surface area (Å²) in [6.45, 7) is 0. The summed E-state index contributed by atoms with van der Waals surface area (Å²) in [4.78, 5) is 23.6. The summed E-state index contributed by atoms with van der Waals surface area (Å²) >= 11 is -1.66. The highest BCUT2D eigenvalue weighted by Gasteiger charge is 2.39. The van der Waals surface area contributed by atoms with Gasteiger partial charge in [-0.1, -0.05) is 12.1 Å². The van der Waals surface area contributed by atoms with Crippen molar-refractivity contribution in [1.29, 1.82) is 0 Å². The van der Waals surface area contributed by atoms with Crippen molar-refractivity contribution in [1.82, 2.24) is 0 Å². The van der Waals surface area contributed by atoms with Crippen LogP contribution in [-0.4, -0.2) is 26.7 Å². The SMILES string of the molecule is O=C(O)c1ccc2c(c1)C(=O)C(Cc1cccc(F)c1)[S+]([O-])N2. The maximum Gasteiger partial charge on any atom is 0.335 e. The molecule has 2 aromatic carbocycles. The van der Waals surface area contributed by atoms with E-state index in [9.17, 15) is 18.5 Å². The number of hydrogen-bond donors (Lipinski definition) is 2. The molecule has 0 spiro atoms. The quantitative estimate of drug-likeness (QED) is 0.842. The van der Waals surface area contributed by atoms with Gasteiger partial charge in [-0.25, -0.2) is 13.9 Å². The summed E-state index contributed by atoms with van der Waals surface area (Å²) in [5, 5.41) is 8.13. The van der Waals surface area contributed by atoms with Crippen molar-refractivity contribution in [2.75, 3.05) is 4.72 Å². The fourth-order valence-electron chi connectivity index (χ4n) is 2.47. The number of carboxylic acid groups (broad SMARTS) is 1. The Morgan fingerprint density at radius 3 is 2.78 bits per heavy atom. The largest absolute Gasteiger partial charge is 0.592 e. The molecule has 2 atom stereocenters. The van der Waals surface area contributed by atoms with Gasteiger partial charge in [0.1, 0.15) is 5.82 Å². The Bertz CT molecular complexity index is 795. The van der Waals surface area contributed by atoms with E-state index in [-0.39, 0.29) is 17.5 Å². The van der Waals surface area contributed by atoms with E-state index in [0.29, 0.717) is 11.3 Å². The van der Waals surface area contributed by atoms with Crippen LogP contribution in [0.25, 0.3) is 0 Å². The van der Waals surface area contributed by atoms with Crippen LogP contribution >= 0.6 is 0 Å². The number of Topliss-reactive ketones (excluding diaryl/α,β-unsaturated/α-hetero) is 1. The summed E-state index contributed by atoms with van der Waals surface area (Å²) in [6, 6.07) is 9.77. The van der Waals surface area contributed by atoms with Gasteiger partial charge >= 0.3 is 5.97 Å². The Morgan fingerprint density at radius 2 is 2.09 bits per heavy atom. The third-order valence-electron chi connectivity index (χ3n) is 3.60. The number of carboxylic acids is 1. The molecule has 2 unspecified atom stereocenters. The first kappa shape index (κ1) is 15.5. The van der Waals surface area contributed by atoms with Gasteiger partial charge in [-0.2, -0.15) is 0 Å². The molecule has 1 heterocycles. The molecule has 118 valence electrons. The van der Waals surface area contributed by atoms with Crippen LogP contribution in [0.3, 0.4) is 0 Å². The molecule has 0 bridgehead atoms. The molecule has 0 saturated heterocycles. The van der Waals surface area contributed by atoms with Crippen molar-refractivity contribution in [2.45, 2.75) is 11.7 Å². The molecular weight excluding hydrogens is 321 g/mol. The Morgan fingerprint density at radius 1 is 1.30 bits per heavy atom. The number of rotatable bonds is 3. The molecule has 23 heavy (non-hydrogen) atoms. The number of aromatic carboxylic acids is 1. The van der Waals surface area contributed by atoms with Gasteiger partial charge in [0.2, 0.25) is 11.0 Å². The lowest BCUT2D eigenvalue weighted by atomic mass is 9.99. The van der Waals surface area contributed by atoms with Crippen molar-refractivity contribution in [3.8, 4) is 0 Å². The second-order valence-electron chi connectivity index (χ2n) is 5.15. The Balaban J connectivity index is 1.93. The Labute approximate surface area is 134 Å². The average molecular weight is 333 g/mol. The van der Waals surface area contributed by atoms with E-state index in [0.717, 1.165) is 0 Å². The van der Waals surface area contributed by atoms with E-state index >= 15 is 0 Å². The van der Waals surface area contributed by atoms with E-state index in [2.05, 4.69) is 4.72 Å². The van der Waals surface area contributed by atoms with E-state index in [1.54, 1.807) is 6.07 Å². The standard InChI is InChI=1S/C16H12FNO4S/c17-11-3-1-2-9(6-11)7-14-15(19)12-8-10(16(20)21)4-5-13(12)18-23(14)22/h1-6,8,14,18H,7H2,(H,20,21). The predicted molar refractivity (Wildman–Crippen MR) is 83.4 cm³/mol. The van der Waals surface area contributed by atoms with Gasteiger partial charge in [0.05, 0.1) is 28.2 Å². The van der Waals surface area contributed by atoms with Gasteiger partial charge in [0.15, 0.2) is 0 Å². The number of ketones is 1. The lowest BCUT2D eigenvalue weighted by molar-refractivity contribution is 0.0697. The van der Waals surface area contributed by atoms with Gasteiger partial charge in [-0.15, -0.1) is 0 Å². The van der Waals surface area contributed by atoms with Gasteiger partial charge in [-0.3, -0.25) is 4.79 Å². The van der Waals surface area contributed by atoms with Crippen LogP contribution in [0.15, 0.2) is 42.5 Å². The third-order valence-corrected chi connectivity index (χ3v) is 4.92. The highest BCUT2D eigenvalue weighted by molar-refractivity contribution is 7.94. The summed E-state index contributed by atoms with van der Waals surface area (Å²) in [6.07, 6.45) is 0.104. The Hall–Kier alpha value is -2.38. The number of hydrogen-bond acceptors (Lipinski definition) is 4. The van der Waals surface area contributed by atoms with Crippen molar-refractivity contribution >= 4 is 28.8 Å². The molecule has 0 saturated carbocycles. The van der Waals surface area contributed by atoms with Crippen molar-refractivity contribution in [3.63, 3.8) is 0 Å². The lowest BCUT2D eigenvalue weighted by Crippen LogP contribution is -2.41. The van der Waals surface area contributed by atoms with Crippen molar-refractivity contribution in [3.05, 3.63) is 65.0 Å². The molecule has 0 aliphatic carbocycles. The molecule has 0 radical (unpaired) electrons. The first-order valence-electron chi connectivity index (χ1n) is 6.79. The maximum atomic E-state index is 13.3. The number of anilines is 1. The number of fused-ring (bicyclic) bond motifs is 1. The lowest BCUT2D eigenvalue weighted by Gasteiger charge is -2.27. The average Bonchev–Trinajstić information content (AvgIpc) is 2.51. The molecule has 0 aromatic heterocycles. The molecule has 0 amide bonds. The third kappa shape index (κ3) is 3.06. The molecule has 1 aliphatic heterocycles. The van der Waals surface area contributed by atoms with Crippen molar-refractivity contribution < 1.29 is 23.6 Å². The highest BCUT2D eigenvalue weighted by atomic mass is 32.2.